The van der Waals surface area contributed by atoms with Crippen molar-refractivity contribution in [2.45, 2.75) is 19.6 Å². The van der Waals surface area contributed by atoms with Crippen LogP contribution in [0.2, 0.25) is 0 Å². The van der Waals surface area contributed by atoms with Crippen LogP contribution in [0.1, 0.15) is 12.5 Å². The maximum Gasteiger partial charge on any atom is 0.350 e. The lowest BCUT2D eigenvalue weighted by molar-refractivity contribution is 0.0427. The smallest absolute Gasteiger partial charge is 0.350 e. The van der Waals surface area contributed by atoms with Crippen LogP contribution in [0.15, 0.2) is 65.8 Å². The molecule has 0 unspecified atom stereocenters. The molecule has 2 aromatic heterocycles. The number of hydrogen-bond donors (Lipinski definition) is 0. The zero-order valence-electron chi connectivity index (χ0n) is 19.3. The van der Waals surface area contributed by atoms with Crippen LogP contribution in [0.25, 0.3) is 5.69 Å². The Morgan fingerprint density at radius 2 is 1.75 bits per heavy atom. The van der Waals surface area contributed by atoms with Gasteiger partial charge >= 0.3 is 5.69 Å². The first-order chi connectivity index (χ1) is 17.4. The van der Waals surface area contributed by atoms with Gasteiger partial charge in [-0.3, -0.25) is 4.57 Å². The van der Waals surface area contributed by atoms with Gasteiger partial charge in [-0.05, 0) is 43.3 Å². The first kappa shape index (κ1) is 23.6. The molecule has 0 amide bonds. The summed E-state index contributed by atoms with van der Waals surface area (Å²) in [5, 5.41) is 4.03. The van der Waals surface area contributed by atoms with Gasteiger partial charge in [-0.15, -0.1) is 0 Å². The fourth-order valence-corrected chi connectivity index (χ4v) is 3.88. The summed E-state index contributed by atoms with van der Waals surface area (Å²) in [4.78, 5) is 18.8. The van der Waals surface area contributed by atoms with Gasteiger partial charge in [0.1, 0.15) is 29.5 Å². The number of benzene rings is 2. The summed E-state index contributed by atoms with van der Waals surface area (Å²) in [5.74, 6) is -1.16. The largest absolute Gasteiger partial charge is 0.454 e. The molecule has 0 bridgehead atoms. The van der Waals surface area contributed by atoms with E-state index in [1.54, 1.807) is 24.3 Å². The molecule has 36 heavy (non-hydrogen) atoms. The van der Waals surface area contributed by atoms with Crippen LogP contribution in [-0.4, -0.2) is 45.1 Å². The van der Waals surface area contributed by atoms with Crippen molar-refractivity contribution in [3.63, 3.8) is 0 Å². The predicted molar refractivity (Wildman–Crippen MR) is 125 cm³/mol. The molecule has 1 fully saturated rings. The molecule has 1 aliphatic heterocycles. The van der Waals surface area contributed by atoms with Gasteiger partial charge in [-0.2, -0.15) is 9.78 Å². The molecule has 0 spiro atoms. The van der Waals surface area contributed by atoms with Gasteiger partial charge in [0, 0.05) is 31.3 Å². The summed E-state index contributed by atoms with van der Waals surface area (Å²) in [6, 6.07) is 11.3. The van der Waals surface area contributed by atoms with Crippen LogP contribution >= 0.6 is 0 Å². The standard InChI is InChI=1S/C25H22F3N5O3/c1-2-35-18-12-31(13-18)24-10-23(22(28)11-29-24)36-17-8-6-16(7-9-17)33-25(34)32(15-30-33)14-19-20(26)4-3-5-21(19)27/h3-11,15,18H,2,12-14H2,1H3. The molecule has 0 aliphatic carbocycles. The molecule has 2 aromatic carbocycles. The second kappa shape index (κ2) is 9.86. The molecule has 0 atom stereocenters. The number of anilines is 1. The van der Waals surface area contributed by atoms with E-state index in [1.165, 1.54) is 18.5 Å². The van der Waals surface area contributed by atoms with Crippen molar-refractivity contribution in [2.24, 2.45) is 0 Å². The Morgan fingerprint density at radius 3 is 2.44 bits per heavy atom. The van der Waals surface area contributed by atoms with E-state index in [0.717, 1.165) is 27.6 Å². The number of halogens is 3. The van der Waals surface area contributed by atoms with E-state index in [0.29, 0.717) is 37.0 Å². The minimum Gasteiger partial charge on any atom is -0.454 e. The van der Waals surface area contributed by atoms with Gasteiger partial charge in [0.15, 0.2) is 11.6 Å². The highest BCUT2D eigenvalue weighted by molar-refractivity contribution is 5.48. The number of hydrogen-bond acceptors (Lipinski definition) is 6. The first-order valence-corrected chi connectivity index (χ1v) is 11.3. The van der Waals surface area contributed by atoms with Crippen LogP contribution in [-0.2, 0) is 11.3 Å². The molecule has 0 N–H and O–H groups in total. The predicted octanol–water partition coefficient (Wildman–Crippen LogP) is 3.91. The molecule has 5 rings (SSSR count). The van der Waals surface area contributed by atoms with E-state index < -0.39 is 23.1 Å². The third-order valence-electron chi connectivity index (χ3n) is 5.81. The van der Waals surface area contributed by atoms with Crippen molar-refractivity contribution in [3.8, 4) is 17.2 Å². The van der Waals surface area contributed by atoms with Crippen molar-refractivity contribution >= 4 is 5.82 Å². The zero-order chi connectivity index (χ0) is 25.2. The molecule has 3 heterocycles. The van der Waals surface area contributed by atoms with E-state index in [2.05, 4.69) is 10.1 Å². The van der Waals surface area contributed by atoms with Gasteiger partial charge in [-0.1, -0.05) is 6.07 Å². The van der Waals surface area contributed by atoms with E-state index in [9.17, 15) is 18.0 Å². The Labute approximate surface area is 204 Å². The molecule has 0 radical (unpaired) electrons. The lowest BCUT2D eigenvalue weighted by Gasteiger charge is -2.39. The van der Waals surface area contributed by atoms with Crippen LogP contribution in [0.5, 0.6) is 11.5 Å². The van der Waals surface area contributed by atoms with Crippen molar-refractivity contribution in [3.05, 3.63) is 94.6 Å². The fourth-order valence-electron chi connectivity index (χ4n) is 3.88. The summed E-state index contributed by atoms with van der Waals surface area (Å²) in [6.45, 7) is 3.61. The minimum absolute atomic E-state index is 0.0148. The Kier molecular flexibility index (Phi) is 6.47. The third kappa shape index (κ3) is 4.69. The monoisotopic (exact) mass is 497 g/mol. The number of aromatic nitrogens is 4. The van der Waals surface area contributed by atoms with Crippen LogP contribution in [0.3, 0.4) is 0 Å². The van der Waals surface area contributed by atoms with Crippen LogP contribution in [0.4, 0.5) is 19.0 Å². The van der Waals surface area contributed by atoms with E-state index in [4.69, 9.17) is 9.47 Å². The van der Waals surface area contributed by atoms with E-state index in [1.807, 2.05) is 11.8 Å². The Bertz CT molecular complexity index is 1410. The molecule has 4 aromatic rings. The molecule has 1 saturated heterocycles. The SMILES string of the molecule is CCOC1CN(c2cc(Oc3ccc(-n4ncn(Cc5c(F)cccc5F)c4=O)cc3)c(F)cn2)C1. The van der Waals surface area contributed by atoms with Gasteiger partial charge in [0.25, 0.3) is 0 Å². The summed E-state index contributed by atoms with van der Waals surface area (Å²) in [5.41, 5.74) is -0.400. The normalized spacial score (nSPS) is 13.6. The zero-order valence-corrected chi connectivity index (χ0v) is 19.3. The fraction of sp³-hybridized carbons (Fsp3) is 0.240. The quantitative estimate of drug-likeness (QED) is 0.368. The second-order valence-corrected chi connectivity index (χ2v) is 8.20. The maximum atomic E-state index is 14.3. The molecular weight excluding hydrogens is 475 g/mol. The lowest BCUT2D eigenvalue weighted by atomic mass is 10.1. The second-order valence-electron chi connectivity index (χ2n) is 8.20. The number of ether oxygens (including phenoxy) is 2. The Hall–Kier alpha value is -4.12. The van der Waals surface area contributed by atoms with Crippen molar-refractivity contribution in [1.82, 2.24) is 19.3 Å². The summed E-state index contributed by atoms with van der Waals surface area (Å²) in [6.07, 6.45) is 2.45. The van der Waals surface area contributed by atoms with Crippen molar-refractivity contribution in [1.29, 1.82) is 0 Å². The van der Waals surface area contributed by atoms with Crippen molar-refractivity contribution in [2.75, 3.05) is 24.6 Å². The topological polar surface area (TPSA) is 74.4 Å². The average Bonchev–Trinajstić information content (AvgIpc) is 3.20. The molecule has 1 aliphatic rings. The Balaban J connectivity index is 1.30. The van der Waals surface area contributed by atoms with Gasteiger partial charge in [0.05, 0.1) is 24.5 Å². The Morgan fingerprint density at radius 1 is 1.03 bits per heavy atom. The molecular formula is C25H22F3N5O3. The van der Waals surface area contributed by atoms with Gasteiger partial charge < -0.3 is 14.4 Å². The molecule has 186 valence electrons. The van der Waals surface area contributed by atoms with E-state index >= 15 is 0 Å². The van der Waals surface area contributed by atoms with Gasteiger partial charge in [-0.25, -0.2) is 22.9 Å². The van der Waals surface area contributed by atoms with Crippen molar-refractivity contribution < 1.29 is 22.6 Å². The molecule has 8 nitrogen and oxygen atoms in total. The number of rotatable bonds is 8. The maximum absolute atomic E-state index is 14.3. The van der Waals surface area contributed by atoms with Crippen LogP contribution in [0, 0.1) is 17.5 Å². The highest BCUT2D eigenvalue weighted by atomic mass is 19.1. The number of nitrogens with zero attached hydrogens (tertiary/aromatic N) is 5. The highest BCUT2D eigenvalue weighted by Gasteiger charge is 2.28. The lowest BCUT2D eigenvalue weighted by Crippen LogP contribution is -2.52. The van der Waals surface area contributed by atoms with E-state index in [-0.39, 0.29) is 24.0 Å². The summed E-state index contributed by atoms with van der Waals surface area (Å²) >= 11 is 0. The van der Waals surface area contributed by atoms with Gasteiger partial charge in [0.2, 0.25) is 0 Å². The molecule has 0 saturated carbocycles. The highest BCUT2D eigenvalue weighted by Crippen LogP contribution is 2.30. The summed E-state index contributed by atoms with van der Waals surface area (Å²) in [7, 11) is 0. The van der Waals surface area contributed by atoms with Crippen LogP contribution < -0.4 is 15.3 Å². The summed E-state index contributed by atoms with van der Waals surface area (Å²) < 4.78 is 55.7. The third-order valence-corrected chi connectivity index (χ3v) is 5.81. The molecule has 11 heteroatoms. The average molecular weight is 497 g/mol. The minimum atomic E-state index is -0.745. The number of pyridine rings is 1. The first-order valence-electron chi connectivity index (χ1n) is 11.3.